The first kappa shape index (κ1) is 13.9. The summed E-state index contributed by atoms with van der Waals surface area (Å²) in [5, 5.41) is 2.76. The zero-order chi connectivity index (χ0) is 14.4. The summed E-state index contributed by atoms with van der Waals surface area (Å²) < 4.78 is 40.0. The Morgan fingerprint density at radius 2 is 1.74 bits per heavy atom. The number of halogens is 3. The van der Waals surface area contributed by atoms with Crippen molar-refractivity contribution in [3.63, 3.8) is 0 Å². The number of hydrogen-bond acceptors (Lipinski definition) is 1. The summed E-state index contributed by atoms with van der Waals surface area (Å²) in [5.74, 6) is -4.37. The van der Waals surface area contributed by atoms with Crippen molar-refractivity contribution in [2.45, 2.75) is 44.6 Å². The standard InChI is InChI=1S/C14H16F3NO/c1-13(2,3)18-12(19)14(6-7-14)8-4-5-9(15)11(17)10(8)16/h4-5H,6-7H2,1-3H3,(H,18,19). The molecular formula is C14H16F3NO. The summed E-state index contributed by atoms with van der Waals surface area (Å²) >= 11 is 0. The van der Waals surface area contributed by atoms with Crippen LogP contribution in [0.5, 0.6) is 0 Å². The zero-order valence-electron chi connectivity index (χ0n) is 11.1. The largest absolute Gasteiger partial charge is 0.351 e. The smallest absolute Gasteiger partial charge is 0.231 e. The Kier molecular flexibility index (Phi) is 3.11. The third kappa shape index (κ3) is 2.46. The molecule has 0 bridgehead atoms. The maximum absolute atomic E-state index is 13.8. The van der Waals surface area contributed by atoms with Crippen molar-refractivity contribution < 1.29 is 18.0 Å². The average Bonchev–Trinajstić information content (AvgIpc) is 3.05. The van der Waals surface area contributed by atoms with Crippen molar-refractivity contribution in [3.05, 3.63) is 35.1 Å². The molecule has 0 heterocycles. The van der Waals surface area contributed by atoms with Gasteiger partial charge < -0.3 is 5.32 Å². The topological polar surface area (TPSA) is 29.1 Å². The van der Waals surface area contributed by atoms with Gasteiger partial charge in [0.25, 0.3) is 0 Å². The van der Waals surface area contributed by atoms with Gasteiger partial charge in [-0.15, -0.1) is 0 Å². The number of nitrogens with one attached hydrogen (secondary N) is 1. The lowest BCUT2D eigenvalue weighted by Crippen LogP contribution is -2.46. The lowest BCUT2D eigenvalue weighted by atomic mass is 9.92. The van der Waals surface area contributed by atoms with E-state index < -0.39 is 28.4 Å². The molecule has 1 aliphatic carbocycles. The van der Waals surface area contributed by atoms with Gasteiger partial charge in [0.1, 0.15) is 0 Å². The summed E-state index contributed by atoms with van der Waals surface area (Å²) in [7, 11) is 0. The van der Waals surface area contributed by atoms with Gasteiger partial charge >= 0.3 is 0 Å². The summed E-state index contributed by atoms with van der Waals surface area (Å²) in [4.78, 5) is 12.2. The van der Waals surface area contributed by atoms with E-state index in [0.717, 1.165) is 12.1 Å². The number of carbonyl (C=O) groups excluding carboxylic acids is 1. The van der Waals surface area contributed by atoms with Gasteiger partial charge in [0.05, 0.1) is 5.41 Å². The maximum atomic E-state index is 13.8. The van der Waals surface area contributed by atoms with Crippen LogP contribution in [0.3, 0.4) is 0 Å². The maximum Gasteiger partial charge on any atom is 0.231 e. The summed E-state index contributed by atoms with van der Waals surface area (Å²) in [6.07, 6.45) is 0.883. The molecule has 0 unspecified atom stereocenters. The second-order valence-corrected chi connectivity index (χ2v) is 6.01. The predicted octanol–water partition coefficient (Wildman–Crippen LogP) is 3.05. The minimum atomic E-state index is -1.52. The van der Waals surface area contributed by atoms with Gasteiger partial charge in [-0.1, -0.05) is 6.07 Å². The second kappa shape index (κ2) is 4.25. The zero-order valence-corrected chi connectivity index (χ0v) is 11.1. The molecule has 1 aromatic rings. The van der Waals surface area contributed by atoms with Gasteiger partial charge in [-0.2, -0.15) is 0 Å². The van der Waals surface area contributed by atoms with Gasteiger partial charge in [0.15, 0.2) is 17.5 Å². The van der Waals surface area contributed by atoms with Crippen LogP contribution in [-0.4, -0.2) is 11.4 Å². The van der Waals surface area contributed by atoms with E-state index >= 15 is 0 Å². The van der Waals surface area contributed by atoms with E-state index in [1.165, 1.54) is 0 Å². The molecular weight excluding hydrogens is 255 g/mol. The summed E-state index contributed by atoms with van der Waals surface area (Å²) in [5.41, 5.74) is -1.57. The van der Waals surface area contributed by atoms with Gasteiger partial charge in [0.2, 0.25) is 5.91 Å². The third-order valence-corrected chi connectivity index (χ3v) is 3.22. The first-order valence-corrected chi connectivity index (χ1v) is 6.14. The Morgan fingerprint density at radius 3 is 2.21 bits per heavy atom. The van der Waals surface area contributed by atoms with Crippen molar-refractivity contribution in [1.29, 1.82) is 0 Å². The highest BCUT2D eigenvalue weighted by Gasteiger charge is 2.53. The van der Waals surface area contributed by atoms with E-state index in [0.29, 0.717) is 12.8 Å². The molecule has 1 amide bonds. The Hall–Kier alpha value is -1.52. The molecule has 1 fully saturated rings. The van der Waals surface area contributed by atoms with E-state index in [4.69, 9.17) is 0 Å². The number of hydrogen-bond donors (Lipinski definition) is 1. The molecule has 2 rings (SSSR count). The molecule has 1 aliphatic rings. The van der Waals surface area contributed by atoms with E-state index in [1.807, 2.05) is 20.8 Å². The first-order chi connectivity index (χ1) is 8.67. The fourth-order valence-electron chi connectivity index (χ4n) is 2.10. The molecule has 0 aliphatic heterocycles. The van der Waals surface area contributed by atoms with Crippen molar-refractivity contribution >= 4 is 5.91 Å². The number of benzene rings is 1. The molecule has 0 atom stereocenters. The first-order valence-electron chi connectivity index (χ1n) is 6.14. The number of rotatable bonds is 2. The monoisotopic (exact) mass is 271 g/mol. The van der Waals surface area contributed by atoms with E-state index in [-0.39, 0.29) is 11.5 Å². The SMILES string of the molecule is CC(C)(C)NC(=O)C1(c2ccc(F)c(F)c2F)CC1. The van der Waals surface area contributed by atoms with Crippen molar-refractivity contribution in [2.24, 2.45) is 0 Å². The van der Waals surface area contributed by atoms with Crippen LogP contribution >= 0.6 is 0 Å². The van der Waals surface area contributed by atoms with E-state index in [2.05, 4.69) is 5.32 Å². The van der Waals surface area contributed by atoms with Gasteiger partial charge in [-0.25, -0.2) is 13.2 Å². The number of carbonyl (C=O) groups is 1. The molecule has 1 saturated carbocycles. The summed E-state index contributed by atoms with van der Waals surface area (Å²) in [6, 6.07) is 2.02. The fraction of sp³-hybridized carbons (Fsp3) is 0.500. The Labute approximate surface area is 110 Å². The Balaban J connectivity index is 2.36. The average molecular weight is 271 g/mol. The summed E-state index contributed by atoms with van der Waals surface area (Å²) in [6.45, 7) is 5.42. The molecule has 104 valence electrons. The second-order valence-electron chi connectivity index (χ2n) is 6.01. The van der Waals surface area contributed by atoms with Crippen molar-refractivity contribution in [1.82, 2.24) is 5.32 Å². The molecule has 1 N–H and O–H groups in total. The minimum Gasteiger partial charge on any atom is -0.351 e. The molecule has 5 heteroatoms. The predicted molar refractivity (Wildman–Crippen MR) is 65.1 cm³/mol. The van der Waals surface area contributed by atoms with Crippen LogP contribution in [0.2, 0.25) is 0 Å². The van der Waals surface area contributed by atoms with Crippen LogP contribution in [0, 0.1) is 17.5 Å². The van der Waals surface area contributed by atoms with Crippen LogP contribution in [-0.2, 0) is 10.2 Å². The molecule has 0 aromatic heterocycles. The molecule has 0 saturated heterocycles. The fourth-order valence-corrected chi connectivity index (χ4v) is 2.10. The highest BCUT2D eigenvalue weighted by atomic mass is 19.2. The van der Waals surface area contributed by atoms with Crippen LogP contribution in [0.15, 0.2) is 12.1 Å². The highest BCUT2D eigenvalue weighted by Crippen LogP contribution is 2.50. The highest BCUT2D eigenvalue weighted by molar-refractivity contribution is 5.91. The van der Waals surface area contributed by atoms with Crippen LogP contribution in [0.1, 0.15) is 39.2 Å². The Morgan fingerprint density at radius 1 is 1.16 bits per heavy atom. The third-order valence-electron chi connectivity index (χ3n) is 3.22. The lowest BCUT2D eigenvalue weighted by Gasteiger charge is -2.25. The molecule has 19 heavy (non-hydrogen) atoms. The van der Waals surface area contributed by atoms with Gasteiger partial charge in [0, 0.05) is 11.1 Å². The molecule has 0 spiro atoms. The van der Waals surface area contributed by atoms with Gasteiger partial charge in [-0.05, 0) is 39.7 Å². The van der Waals surface area contributed by atoms with Gasteiger partial charge in [-0.3, -0.25) is 4.79 Å². The van der Waals surface area contributed by atoms with Crippen LogP contribution < -0.4 is 5.32 Å². The molecule has 0 radical (unpaired) electrons. The molecule has 2 nitrogen and oxygen atoms in total. The van der Waals surface area contributed by atoms with Crippen molar-refractivity contribution in [3.8, 4) is 0 Å². The van der Waals surface area contributed by atoms with Crippen molar-refractivity contribution in [2.75, 3.05) is 0 Å². The van der Waals surface area contributed by atoms with E-state index in [1.54, 1.807) is 0 Å². The minimum absolute atomic E-state index is 0.0619. The van der Waals surface area contributed by atoms with Crippen LogP contribution in [0.25, 0.3) is 0 Å². The quantitative estimate of drug-likeness (QED) is 0.823. The number of amides is 1. The Bertz CT molecular complexity index is 530. The normalized spacial score (nSPS) is 17.2. The lowest BCUT2D eigenvalue weighted by molar-refractivity contribution is -0.125. The van der Waals surface area contributed by atoms with Crippen LogP contribution in [0.4, 0.5) is 13.2 Å². The van der Waals surface area contributed by atoms with E-state index in [9.17, 15) is 18.0 Å². The molecule has 1 aromatic carbocycles.